The molecule has 2 N–H and O–H groups in total. The normalized spacial score (nSPS) is 21.6. The van der Waals surface area contributed by atoms with Crippen molar-refractivity contribution < 1.29 is 4.74 Å². The summed E-state index contributed by atoms with van der Waals surface area (Å²) in [6.45, 7) is 3.93. The molecule has 0 radical (unpaired) electrons. The molecule has 2 rings (SSSR count). The van der Waals surface area contributed by atoms with Gasteiger partial charge in [-0.15, -0.1) is 0 Å². The highest BCUT2D eigenvalue weighted by Gasteiger charge is 2.19. The number of hydrogen-bond acceptors (Lipinski definition) is 3. The predicted octanol–water partition coefficient (Wildman–Crippen LogP) is 1.94. The van der Waals surface area contributed by atoms with Gasteiger partial charge in [0.2, 0.25) is 0 Å². The second kappa shape index (κ2) is 6.12. The first-order valence-electron chi connectivity index (χ1n) is 6.55. The van der Waals surface area contributed by atoms with Crippen LogP contribution in [0.15, 0.2) is 18.3 Å². The molecule has 1 aromatic rings. The van der Waals surface area contributed by atoms with Gasteiger partial charge in [0.1, 0.15) is 0 Å². The van der Waals surface area contributed by atoms with E-state index in [1.54, 1.807) is 0 Å². The minimum Gasteiger partial charge on any atom is -0.381 e. The molecule has 2 unspecified atom stereocenters. The smallest absolute Gasteiger partial charge is 0.0495 e. The Kier molecular flexibility index (Phi) is 4.51. The van der Waals surface area contributed by atoms with Crippen molar-refractivity contribution in [1.82, 2.24) is 4.98 Å². The highest BCUT2D eigenvalue weighted by atomic mass is 16.5. The second-order valence-corrected chi connectivity index (χ2v) is 4.94. The summed E-state index contributed by atoms with van der Waals surface area (Å²) in [5.41, 5.74) is 8.55. The Morgan fingerprint density at radius 3 is 3.00 bits per heavy atom. The van der Waals surface area contributed by atoms with Gasteiger partial charge in [-0.3, -0.25) is 4.98 Å². The Hall–Kier alpha value is -0.930. The molecule has 0 aromatic carbocycles. The summed E-state index contributed by atoms with van der Waals surface area (Å²) in [4.78, 5) is 4.45. The Bertz CT molecular complexity index is 331. The molecule has 17 heavy (non-hydrogen) atoms. The summed E-state index contributed by atoms with van der Waals surface area (Å²) in [7, 11) is 0. The number of ether oxygens (including phenoxy) is 1. The largest absolute Gasteiger partial charge is 0.381 e. The first kappa shape index (κ1) is 12.5. The van der Waals surface area contributed by atoms with Gasteiger partial charge in [0, 0.05) is 37.6 Å². The van der Waals surface area contributed by atoms with Crippen molar-refractivity contribution in [3.8, 4) is 0 Å². The standard InChI is InChI=1S/C14H22N2O/c1-2-11-3-4-14(16-9-11)8-13(15)7-12-5-6-17-10-12/h3-4,9,12-13H,2,5-8,10,15H2,1H3. The van der Waals surface area contributed by atoms with E-state index in [-0.39, 0.29) is 6.04 Å². The monoisotopic (exact) mass is 234 g/mol. The maximum atomic E-state index is 6.16. The van der Waals surface area contributed by atoms with Gasteiger partial charge < -0.3 is 10.5 Å². The number of hydrogen-bond donors (Lipinski definition) is 1. The topological polar surface area (TPSA) is 48.1 Å². The number of pyridine rings is 1. The zero-order valence-electron chi connectivity index (χ0n) is 10.6. The van der Waals surface area contributed by atoms with E-state index < -0.39 is 0 Å². The minimum absolute atomic E-state index is 0.210. The number of aromatic nitrogens is 1. The highest BCUT2D eigenvalue weighted by Crippen LogP contribution is 2.18. The van der Waals surface area contributed by atoms with Crippen molar-refractivity contribution in [2.24, 2.45) is 11.7 Å². The summed E-state index contributed by atoms with van der Waals surface area (Å²) < 4.78 is 5.37. The molecule has 0 saturated carbocycles. The van der Waals surface area contributed by atoms with Gasteiger partial charge in [0.25, 0.3) is 0 Å². The van der Waals surface area contributed by atoms with Gasteiger partial charge >= 0.3 is 0 Å². The maximum Gasteiger partial charge on any atom is 0.0495 e. The van der Waals surface area contributed by atoms with Gasteiger partial charge in [-0.25, -0.2) is 0 Å². The van der Waals surface area contributed by atoms with Gasteiger partial charge in [0.05, 0.1) is 0 Å². The van der Waals surface area contributed by atoms with Crippen molar-refractivity contribution in [3.05, 3.63) is 29.6 Å². The van der Waals surface area contributed by atoms with E-state index in [0.29, 0.717) is 5.92 Å². The average Bonchev–Trinajstić information content (AvgIpc) is 2.82. The number of nitrogens with two attached hydrogens (primary N) is 1. The van der Waals surface area contributed by atoms with Crippen LogP contribution in [-0.2, 0) is 17.6 Å². The quantitative estimate of drug-likeness (QED) is 0.847. The Morgan fingerprint density at radius 1 is 1.53 bits per heavy atom. The Labute approximate surface area is 103 Å². The van der Waals surface area contributed by atoms with E-state index in [0.717, 1.165) is 44.6 Å². The SMILES string of the molecule is CCc1ccc(CC(N)CC2CCOC2)nc1. The molecule has 3 heteroatoms. The molecule has 0 amide bonds. The first-order valence-corrected chi connectivity index (χ1v) is 6.55. The van der Waals surface area contributed by atoms with Gasteiger partial charge in [0.15, 0.2) is 0 Å². The van der Waals surface area contributed by atoms with Crippen LogP contribution in [0.4, 0.5) is 0 Å². The number of aryl methyl sites for hydroxylation is 1. The zero-order chi connectivity index (χ0) is 12.1. The second-order valence-electron chi connectivity index (χ2n) is 4.94. The summed E-state index contributed by atoms with van der Waals surface area (Å²) in [6, 6.07) is 4.46. The van der Waals surface area contributed by atoms with Gasteiger partial charge in [-0.05, 0) is 36.8 Å². The van der Waals surface area contributed by atoms with E-state index in [2.05, 4.69) is 24.0 Å². The van der Waals surface area contributed by atoms with Crippen LogP contribution in [0.25, 0.3) is 0 Å². The number of nitrogens with zero attached hydrogens (tertiary/aromatic N) is 1. The third-order valence-electron chi connectivity index (χ3n) is 3.43. The molecule has 0 aliphatic carbocycles. The molecule has 1 aliphatic heterocycles. The Morgan fingerprint density at radius 2 is 2.41 bits per heavy atom. The lowest BCUT2D eigenvalue weighted by Gasteiger charge is -2.15. The summed E-state index contributed by atoms with van der Waals surface area (Å²) in [6.07, 6.45) is 6.09. The summed E-state index contributed by atoms with van der Waals surface area (Å²) >= 11 is 0. The molecule has 1 aliphatic rings. The Balaban J connectivity index is 1.81. The van der Waals surface area contributed by atoms with E-state index >= 15 is 0 Å². The first-order chi connectivity index (χ1) is 8.28. The molecular formula is C14H22N2O. The van der Waals surface area contributed by atoms with E-state index in [1.165, 1.54) is 5.56 Å². The molecule has 94 valence electrons. The van der Waals surface area contributed by atoms with Gasteiger partial charge in [-0.2, -0.15) is 0 Å². The van der Waals surface area contributed by atoms with Crippen LogP contribution in [0.5, 0.6) is 0 Å². The molecule has 1 saturated heterocycles. The predicted molar refractivity (Wildman–Crippen MR) is 68.8 cm³/mol. The fourth-order valence-corrected chi connectivity index (χ4v) is 2.33. The van der Waals surface area contributed by atoms with Crippen molar-refractivity contribution in [2.45, 2.75) is 38.6 Å². The molecular weight excluding hydrogens is 212 g/mol. The van der Waals surface area contributed by atoms with Gasteiger partial charge in [-0.1, -0.05) is 13.0 Å². The van der Waals surface area contributed by atoms with Crippen LogP contribution in [0, 0.1) is 5.92 Å². The van der Waals surface area contributed by atoms with Crippen LogP contribution < -0.4 is 5.73 Å². The van der Waals surface area contributed by atoms with Crippen molar-refractivity contribution in [2.75, 3.05) is 13.2 Å². The summed E-state index contributed by atoms with van der Waals surface area (Å²) in [5, 5.41) is 0. The van der Waals surface area contributed by atoms with Crippen LogP contribution in [0.1, 0.15) is 31.0 Å². The molecule has 2 heterocycles. The van der Waals surface area contributed by atoms with E-state index in [1.807, 2.05) is 6.20 Å². The molecule has 0 bridgehead atoms. The lowest BCUT2D eigenvalue weighted by atomic mass is 9.96. The van der Waals surface area contributed by atoms with Crippen LogP contribution in [0.3, 0.4) is 0 Å². The molecule has 3 nitrogen and oxygen atoms in total. The fraction of sp³-hybridized carbons (Fsp3) is 0.643. The lowest BCUT2D eigenvalue weighted by molar-refractivity contribution is 0.182. The average molecular weight is 234 g/mol. The third-order valence-corrected chi connectivity index (χ3v) is 3.43. The number of rotatable bonds is 5. The molecule has 2 atom stereocenters. The zero-order valence-corrected chi connectivity index (χ0v) is 10.6. The van der Waals surface area contributed by atoms with Crippen LogP contribution in [0.2, 0.25) is 0 Å². The molecule has 0 spiro atoms. The van der Waals surface area contributed by atoms with Crippen LogP contribution in [-0.4, -0.2) is 24.2 Å². The van der Waals surface area contributed by atoms with Crippen LogP contribution >= 0.6 is 0 Å². The lowest BCUT2D eigenvalue weighted by Crippen LogP contribution is -2.26. The van der Waals surface area contributed by atoms with Crippen molar-refractivity contribution in [1.29, 1.82) is 0 Å². The maximum absolute atomic E-state index is 6.16. The summed E-state index contributed by atoms with van der Waals surface area (Å²) in [5.74, 6) is 0.653. The molecule has 1 fully saturated rings. The van der Waals surface area contributed by atoms with E-state index in [9.17, 15) is 0 Å². The molecule has 1 aromatic heterocycles. The van der Waals surface area contributed by atoms with Crippen molar-refractivity contribution >= 4 is 0 Å². The highest BCUT2D eigenvalue weighted by molar-refractivity contribution is 5.14. The minimum atomic E-state index is 0.210. The van der Waals surface area contributed by atoms with Crippen molar-refractivity contribution in [3.63, 3.8) is 0 Å². The fourth-order valence-electron chi connectivity index (χ4n) is 2.33. The van der Waals surface area contributed by atoms with E-state index in [4.69, 9.17) is 10.5 Å². The third kappa shape index (κ3) is 3.79.